The first-order valence-electron chi connectivity index (χ1n) is 5.21. The van der Waals surface area contributed by atoms with E-state index in [9.17, 15) is 10.1 Å². The van der Waals surface area contributed by atoms with Gasteiger partial charge in [-0.3, -0.25) is 14.5 Å². The second-order valence-electron chi connectivity index (χ2n) is 3.81. The summed E-state index contributed by atoms with van der Waals surface area (Å²) in [5.41, 5.74) is 1.73. The van der Waals surface area contributed by atoms with Crippen molar-refractivity contribution in [2.24, 2.45) is 0 Å². The Morgan fingerprint density at radius 1 is 1.33 bits per heavy atom. The normalized spacial score (nSPS) is 10.9. The number of fused-ring (bicyclic) bond motifs is 1. The number of hydrogen-bond acceptors (Lipinski definition) is 5. The highest BCUT2D eigenvalue weighted by Gasteiger charge is 2.10. The summed E-state index contributed by atoms with van der Waals surface area (Å²) < 4.78 is 6.08. The lowest BCUT2D eigenvalue weighted by Gasteiger charge is -1.95. The lowest BCUT2D eigenvalue weighted by Crippen LogP contribution is -1.87. The van der Waals surface area contributed by atoms with Crippen LogP contribution in [0.2, 0.25) is 0 Å². The molecule has 0 amide bonds. The van der Waals surface area contributed by atoms with Crippen molar-refractivity contribution in [3.05, 3.63) is 46.4 Å². The fourth-order valence-electron chi connectivity index (χ4n) is 1.70. The summed E-state index contributed by atoms with van der Waals surface area (Å²) in [6, 6.07) is 6.36. The van der Waals surface area contributed by atoms with Crippen molar-refractivity contribution >= 4 is 22.2 Å². The van der Waals surface area contributed by atoms with E-state index in [1.54, 1.807) is 12.1 Å². The van der Waals surface area contributed by atoms with Crippen LogP contribution in [0.3, 0.4) is 0 Å². The summed E-state index contributed by atoms with van der Waals surface area (Å²) in [4.78, 5) is 15.4. The predicted octanol–water partition coefficient (Wildman–Crippen LogP) is 2.67. The predicted molar refractivity (Wildman–Crippen MR) is 67.7 cm³/mol. The van der Waals surface area contributed by atoms with Gasteiger partial charge in [0, 0.05) is 35.4 Å². The van der Waals surface area contributed by atoms with Gasteiger partial charge in [0.1, 0.15) is 5.82 Å². The number of benzene rings is 1. The number of hydrogen-bond donors (Lipinski definition) is 0. The van der Waals surface area contributed by atoms with Crippen molar-refractivity contribution in [1.29, 1.82) is 0 Å². The monoisotopic (exact) mass is 260 g/mol. The van der Waals surface area contributed by atoms with E-state index in [2.05, 4.69) is 9.36 Å². The second kappa shape index (κ2) is 3.88. The van der Waals surface area contributed by atoms with E-state index < -0.39 is 4.92 Å². The molecule has 3 rings (SSSR count). The van der Waals surface area contributed by atoms with Crippen LogP contribution in [0, 0.1) is 17.0 Å². The zero-order valence-corrected chi connectivity index (χ0v) is 10.2. The summed E-state index contributed by atoms with van der Waals surface area (Å²) in [6.07, 6.45) is 1.88. The van der Waals surface area contributed by atoms with Gasteiger partial charge in [-0.1, -0.05) is 0 Å². The van der Waals surface area contributed by atoms with E-state index in [1.807, 2.05) is 17.5 Å². The maximum absolute atomic E-state index is 10.6. The Morgan fingerprint density at radius 3 is 2.67 bits per heavy atom. The number of aromatic nitrogens is 3. The van der Waals surface area contributed by atoms with Gasteiger partial charge in [0.15, 0.2) is 0 Å². The second-order valence-corrected chi connectivity index (χ2v) is 4.54. The van der Waals surface area contributed by atoms with Gasteiger partial charge in [-0.15, -0.1) is 0 Å². The van der Waals surface area contributed by atoms with Crippen LogP contribution >= 0.6 is 11.5 Å². The molecule has 0 fully saturated rings. The van der Waals surface area contributed by atoms with Gasteiger partial charge in [-0.05, 0) is 19.1 Å². The molecule has 1 aromatic carbocycles. The first-order valence-corrected chi connectivity index (χ1v) is 5.99. The van der Waals surface area contributed by atoms with Crippen molar-refractivity contribution in [1.82, 2.24) is 13.8 Å². The fraction of sp³-hybridized carbons (Fsp3) is 0.0909. The summed E-state index contributed by atoms with van der Waals surface area (Å²) in [5.74, 6) is 0.885. The number of nitro groups is 1. The molecule has 90 valence electrons. The Morgan fingerprint density at radius 2 is 2.06 bits per heavy atom. The molecule has 6 nitrogen and oxygen atoms in total. The third-order valence-electron chi connectivity index (χ3n) is 2.66. The number of imidazole rings is 1. The molecular formula is C11H8N4O2S. The molecule has 2 heterocycles. The Balaban J connectivity index is 2.05. The minimum atomic E-state index is -0.413. The van der Waals surface area contributed by atoms with E-state index in [0.29, 0.717) is 0 Å². The van der Waals surface area contributed by atoms with Crippen LogP contribution in [-0.2, 0) is 0 Å². The van der Waals surface area contributed by atoms with Gasteiger partial charge < -0.3 is 0 Å². The van der Waals surface area contributed by atoms with Crippen LogP contribution in [0.1, 0.15) is 5.82 Å². The Bertz CT molecular complexity index is 729. The van der Waals surface area contributed by atoms with Crippen LogP contribution < -0.4 is 0 Å². The van der Waals surface area contributed by atoms with E-state index in [0.717, 1.165) is 22.0 Å². The van der Waals surface area contributed by atoms with Crippen molar-refractivity contribution in [3.8, 4) is 11.3 Å². The molecule has 0 radical (unpaired) electrons. The molecule has 0 aliphatic heterocycles. The smallest absolute Gasteiger partial charge is 0.269 e. The van der Waals surface area contributed by atoms with Gasteiger partial charge >= 0.3 is 0 Å². The Labute approximate surface area is 106 Å². The summed E-state index contributed by atoms with van der Waals surface area (Å²) in [6.45, 7) is 1.91. The van der Waals surface area contributed by atoms with Gasteiger partial charge in [0.05, 0.1) is 10.6 Å². The Hall–Kier alpha value is -2.28. The molecular weight excluding hydrogens is 252 g/mol. The third-order valence-corrected chi connectivity index (χ3v) is 3.46. The molecule has 2 aromatic heterocycles. The van der Waals surface area contributed by atoms with Crippen molar-refractivity contribution in [3.63, 3.8) is 0 Å². The highest BCUT2D eigenvalue weighted by molar-refractivity contribution is 7.11. The van der Waals surface area contributed by atoms with Gasteiger partial charge in [0.25, 0.3) is 5.69 Å². The first kappa shape index (κ1) is 10.8. The highest BCUT2D eigenvalue weighted by atomic mass is 32.1. The molecule has 0 atom stereocenters. The SMILES string of the molecule is Cc1nsc2nc(-c3ccc([N+](=O)[O-])cc3)cn12. The largest absolute Gasteiger partial charge is 0.277 e. The topological polar surface area (TPSA) is 73.3 Å². The quantitative estimate of drug-likeness (QED) is 0.524. The molecule has 0 aliphatic carbocycles. The van der Waals surface area contributed by atoms with Gasteiger partial charge in [0.2, 0.25) is 4.96 Å². The lowest BCUT2D eigenvalue weighted by atomic mass is 10.1. The van der Waals surface area contributed by atoms with Gasteiger partial charge in [-0.25, -0.2) is 4.98 Å². The molecule has 7 heteroatoms. The molecule has 0 bridgehead atoms. The number of non-ortho nitro benzene ring substituents is 1. The molecule has 0 saturated heterocycles. The third kappa shape index (κ3) is 1.65. The standard InChI is InChI=1S/C11H8N4O2S/c1-7-13-18-11-12-10(6-14(7)11)8-2-4-9(5-3-8)15(16)17/h2-6H,1H3. The number of aryl methyl sites for hydroxylation is 1. The van der Waals surface area contributed by atoms with Crippen molar-refractivity contribution in [2.75, 3.05) is 0 Å². The molecule has 0 saturated carbocycles. The Kier molecular flexibility index (Phi) is 2.34. The summed E-state index contributed by atoms with van der Waals surface area (Å²) >= 11 is 1.33. The molecule has 0 N–H and O–H groups in total. The summed E-state index contributed by atoms with van der Waals surface area (Å²) in [7, 11) is 0. The zero-order valence-electron chi connectivity index (χ0n) is 9.40. The van der Waals surface area contributed by atoms with Crippen LogP contribution in [0.5, 0.6) is 0 Å². The zero-order chi connectivity index (χ0) is 12.7. The van der Waals surface area contributed by atoms with Crippen LogP contribution in [-0.4, -0.2) is 18.7 Å². The van der Waals surface area contributed by atoms with Crippen LogP contribution in [0.15, 0.2) is 30.5 Å². The maximum atomic E-state index is 10.6. The molecule has 0 spiro atoms. The molecule has 0 unspecified atom stereocenters. The average molecular weight is 260 g/mol. The highest BCUT2D eigenvalue weighted by Crippen LogP contribution is 2.23. The number of nitro benzene ring substituents is 1. The van der Waals surface area contributed by atoms with E-state index in [1.165, 1.54) is 23.7 Å². The molecule has 0 aliphatic rings. The van der Waals surface area contributed by atoms with Crippen LogP contribution in [0.4, 0.5) is 5.69 Å². The van der Waals surface area contributed by atoms with E-state index >= 15 is 0 Å². The van der Waals surface area contributed by atoms with Crippen molar-refractivity contribution < 1.29 is 4.92 Å². The lowest BCUT2D eigenvalue weighted by molar-refractivity contribution is -0.384. The molecule has 18 heavy (non-hydrogen) atoms. The number of rotatable bonds is 2. The minimum Gasteiger partial charge on any atom is -0.277 e. The van der Waals surface area contributed by atoms with Crippen molar-refractivity contribution in [2.45, 2.75) is 6.92 Å². The number of nitrogens with zero attached hydrogens (tertiary/aromatic N) is 4. The van der Waals surface area contributed by atoms with Crippen LogP contribution in [0.25, 0.3) is 16.2 Å². The fourth-order valence-corrected chi connectivity index (χ4v) is 2.42. The summed E-state index contributed by atoms with van der Waals surface area (Å²) in [5, 5.41) is 10.6. The first-order chi connectivity index (χ1) is 8.65. The maximum Gasteiger partial charge on any atom is 0.269 e. The van der Waals surface area contributed by atoms with E-state index in [4.69, 9.17) is 0 Å². The van der Waals surface area contributed by atoms with Gasteiger partial charge in [-0.2, -0.15) is 4.37 Å². The minimum absolute atomic E-state index is 0.0811. The average Bonchev–Trinajstić information content (AvgIpc) is 2.92. The van der Waals surface area contributed by atoms with E-state index in [-0.39, 0.29) is 5.69 Å². The molecule has 3 aromatic rings.